The summed E-state index contributed by atoms with van der Waals surface area (Å²) in [5, 5.41) is 0. The molecule has 1 aromatic carbocycles. The lowest BCUT2D eigenvalue weighted by Gasteiger charge is -2.19. The zero-order valence-corrected chi connectivity index (χ0v) is 12.8. The lowest BCUT2D eigenvalue weighted by molar-refractivity contribution is -0.147. The highest BCUT2D eigenvalue weighted by Gasteiger charge is 2.25. The Hall–Kier alpha value is -1.64. The van der Waals surface area contributed by atoms with Gasteiger partial charge < -0.3 is 4.74 Å². The van der Waals surface area contributed by atoms with Crippen molar-refractivity contribution in [3.63, 3.8) is 0 Å². The number of hydrogen-bond donors (Lipinski definition) is 0. The topological polar surface area (TPSA) is 43.4 Å². The first-order valence-electron chi connectivity index (χ1n) is 6.95. The van der Waals surface area contributed by atoms with E-state index in [0.717, 1.165) is 5.56 Å². The predicted octanol–water partition coefficient (Wildman–Crippen LogP) is 3.41. The van der Waals surface area contributed by atoms with E-state index in [4.69, 9.17) is 4.74 Å². The summed E-state index contributed by atoms with van der Waals surface area (Å²) >= 11 is 0. The Kier molecular flexibility index (Phi) is 5.93. The van der Waals surface area contributed by atoms with Crippen molar-refractivity contribution in [2.75, 3.05) is 7.11 Å². The first-order valence-corrected chi connectivity index (χ1v) is 6.95. The summed E-state index contributed by atoms with van der Waals surface area (Å²) in [6.07, 6.45) is 1.28. The minimum absolute atomic E-state index is 0.0511. The monoisotopic (exact) mass is 276 g/mol. The van der Waals surface area contributed by atoms with Crippen LogP contribution in [0, 0.1) is 11.3 Å². The van der Waals surface area contributed by atoms with Gasteiger partial charge in [-0.1, -0.05) is 51.1 Å². The highest BCUT2D eigenvalue weighted by Crippen LogP contribution is 2.23. The molecule has 0 saturated carbocycles. The molecule has 0 fully saturated rings. The molecule has 0 heterocycles. The molecular formula is C17H24O3. The van der Waals surface area contributed by atoms with Crippen LogP contribution in [0.25, 0.3) is 0 Å². The van der Waals surface area contributed by atoms with E-state index < -0.39 is 5.92 Å². The predicted molar refractivity (Wildman–Crippen MR) is 79.3 cm³/mol. The molecule has 1 atom stereocenters. The third-order valence-corrected chi connectivity index (χ3v) is 3.06. The molecule has 0 unspecified atom stereocenters. The van der Waals surface area contributed by atoms with E-state index >= 15 is 0 Å². The van der Waals surface area contributed by atoms with E-state index in [1.807, 2.05) is 51.1 Å². The second-order valence-corrected chi connectivity index (χ2v) is 6.39. The fourth-order valence-electron chi connectivity index (χ4n) is 2.24. The van der Waals surface area contributed by atoms with Crippen LogP contribution in [0.2, 0.25) is 0 Å². The number of carbonyl (C=O) groups is 2. The van der Waals surface area contributed by atoms with Gasteiger partial charge in [0.1, 0.15) is 5.78 Å². The van der Waals surface area contributed by atoms with E-state index in [2.05, 4.69) is 0 Å². The highest BCUT2D eigenvalue weighted by atomic mass is 16.5. The second kappa shape index (κ2) is 7.22. The van der Waals surface area contributed by atoms with Crippen LogP contribution in [0.5, 0.6) is 0 Å². The lowest BCUT2D eigenvalue weighted by Crippen LogP contribution is -2.24. The Balaban J connectivity index is 2.70. The quantitative estimate of drug-likeness (QED) is 0.748. The molecule has 0 saturated heterocycles. The number of Topliss-reactive ketones (excluding diaryl/α,β-unsaturated/α-hetero) is 1. The smallest absolute Gasteiger partial charge is 0.309 e. The summed E-state index contributed by atoms with van der Waals surface area (Å²) in [6.45, 7) is 6.07. The standard InChI is InChI=1S/C17H24O3/c1-17(2,3)12-15(18)11-14(16(19)20-4)10-13-8-6-5-7-9-13/h5-9,14H,10-12H2,1-4H3/t14-/m1/s1. The van der Waals surface area contributed by atoms with Crippen LogP contribution < -0.4 is 0 Å². The average Bonchev–Trinajstić information content (AvgIpc) is 2.36. The van der Waals surface area contributed by atoms with Gasteiger partial charge in [-0.2, -0.15) is 0 Å². The number of esters is 1. The normalized spacial score (nSPS) is 12.8. The van der Waals surface area contributed by atoms with Crippen LogP contribution in [0.4, 0.5) is 0 Å². The number of benzene rings is 1. The van der Waals surface area contributed by atoms with E-state index in [9.17, 15) is 9.59 Å². The fourth-order valence-corrected chi connectivity index (χ4v) is 2.24. The zero-order valence-electron chi connectivity index (χ0n) is 12.8. The van der Waals surface area contributed by atoms with Crippen molar-refractivity contribution in [3.05, 3.63) is 35.9 Å². The fraction of sp³-hybridized carbons (Fsp3) is 0.529. The summed E-state index contributed by atoms with van der Waals surface area (Å²) in [6, 6.07) is 9.72. The molecule has 0 spiro atoms. The Morgan fingerprint density at radius 2 is 1.75 bits per heavy atom. The van der Waals surface area contributed by atoms with E-state index in [1.165, 1.54) is 7.11 Å². The molecule has 3 heteroatoms. The molecule has 1 aromatic rings. The first kappa shape index (κ1) is 16.4. The van der Waals surface area contributed by atoms with Gasteiger partial charge in [0, 0.05) is 12.8 Å². The summed E-state index contributed by atoms with van der Waals surface area (Å²) in [7, 11) is 1.37. The second-order valence-electron chi connectivity index (χ2n) is 6.39. The van der Waals surface area contributed by atoms with Crippen molar-refractivity contribution in [2.24, 2.45) is 11.3 Å². The molecule has 0 aliphatic heterocycles. The van der Waals surface area contributed by atoms with Gasteiger partial charge in [-0.15, -0.1) is 0 Å². The van der Waals surface area contributed by atoms with Gasteiger partial charge in [0.15, 0.2) is 0 Å². The van der Waals surface area contributed by atoms with Gasteiger partial charge in [0.25, 0.3) is 0 Å². The third-order valence-electron chi connectivity index (χ3n) is 3.06. The Bertz CT molecular complexity index is 443. The summed E-state index contributed by atoms with van der Waals surface area (Å²) in [5.41, 5.74) is 0.997. The maximum Gasteiger partial charge on any atom is 0.309 e. The van der Waals surface area contributed by atoms with Crippen molar-refractivity contribution >= 4 is 11.8 Å². The van der Waals surface area contributed by atoms with Crippen LogP contribution in [-0.4, -0.2) is 18.9 Å². The van der Waals surface area contributed by atoms with Gasteiger partial charge in [-0.25, -0.2) is 0 Å². The molecule has 0 N–H and O–H groups in total. The third kappa shape index (κ3) is 6.00. The SMILES string of the molecule is COC(=O)[C@@H](CC(=O)CC(C)(C)C)Cc1ccccc1. The van der Waals surface area contributed by atoms with E-state index in [-0.39, 0.29) is 23.6 Å². The molecule has 110 valence electrons. The molecule has 0 radical (unpaired) electrons. The van der Waals surface area contributed by atoms with Crippen molar-refractivity contribution < 1.29 is 14.3 Å². The minimum Gasteiger partial charge on any atom is -0.469 e. The van der Waals surface area contributed by atoms with Gasteiger partial charge in [-0.3, -0.25) is 9.59 Å². The highest BCUT2D eigenvalue weighted by molar-refractivity contribution is 5.85. The molecule has 20 heavy (non-hydrogen) atoms. The van der Waals surface area contributed by atoms with Crippen molar-refractivity contribution in [1.29, 1.82) is 0 Å². The molecule has 0 aliphatic rings. The average molecular weight is 276 g/mol. The van der Waals surface area contributed by atoms with Gasteiger partial charge in [-0.05, 0) is 17.4 Å². The molecular weight excluding hydrogens is 252 g/mol. The maximum atomic E-state index is 12.1. The molecule has 0 amide bonds. The number of ketones is 1. The van der Waals surface area contributed by atoms with Crippen LogP contribution >= 0.6 is 0 Å². The number of ether oxygens (including phenoxy) is 1. The Morgan fingerprint density at radius 3 is 2.25 bits per heavy atom. The maximum absolute atomic E-state index is 12.1. The Labute approximate surface area is 121 Å². The zero-order chi connectivity index (χ0) is 15.2. The molecule has 1 rings (SSSR count). The van der Waals surface area contributed by atoms with Gasteiger partial charge >= 0.3 is 5.97 Å². The largest absolute Gasteiger partial charge is 0.469 e. The molecule has 0 aromatic heterocycles. The van der Waals surface area contributed by atoms with Crippen LogP contribution in [0.1, 0.15) is 39.2 Å². The van der Waals surface area contributed by atoms with E-state index in [0.29, 0.717) is 12.8 Å². The van der Waals surface area contributed by atoms with Gasteiger partial charge in [0.05, 0.1) is 13.0 Å². The number of hydrogen-bond acceptors (Lipinski definition) is 3. The van der Waals surface area contributed by atoms with Crippen LogP contribution in [-0.2, 0) is 20.7 Å². The molecule has 3 nitrogen and oxygen atoms in total. The number of carbonyl (C=O) groups excluding carboxylic acids is 2. The van der Waals surface area contributed by atoms with E-state index in [1.54, 1.807) is 0 Å². The lowest BCUT2D eigenvalue weighted by atomic mass is 9.85. The van der Waals surface area contributed by atoms with Gasteiger partial charge in [0.2, 0.25) is 0 Å². The van der Waals surface area contributed by atoms with Crippen molar-refractivity contribution in [3.8, 4) is 0 Å². The number of methoxy groups -OCH3 is 1. The first-order chi connectivity index (χ1) is 9.31. The van der Waals surface area contributed by atoms with Crippen molar-refractivity contribution in [2.45, 2.75) is 40.0 Å². The summed E-state index contributed by atoms with van der Waals surface area (Å²) in [5.74, 6) is -0.586. The Morgan fingerprint density at radius 1 is 1.15 bits per heavy atom. The minimum atomic E-state index is -0.391. The summed E-state index contributed by atoms with van der Waals surface area (Å²) < 4.78 is 4.82. The number of rotatable bonds is 6. The molecule has 0 bridgehead atoms. The van der Waals surface area contributed by atoms with Crippen LogP contribution in [0.3, 0.4) is 0 Å². The molecule has 0 aliphatic carbocycles. The van der Waals surface area contributed by atoms with Crippen molar-refractivity contribution in [1.82, 2.24) is 0 Å². The summed E-state index contributed by atoms with van der Waals surface area (Å²) in [4.78, 5) is 23.9. The van der Waals surface area contributed by atoms with Crippen LogP contribution in [0.15, 0.2) is 30.3 Å².